The molecule has 3 N–H and O–H groups in total. The van der Waals surface area contributed by atoms with E-state index in [-0.39, 0.29) is 15.7 Å². The fourth-order valence-electron chi connectivity index (χ4n) is 2.36. The van der Waals surface area contributed by atoms with Crippen molar-refractivity contribution in [2.45, 2.75) is 4.90 Å². The van der Waals surface area contributed by atoms with Crippen LogP contribution in [0.25, 0.3) is 16.9 Å². The molecule has 0 aliphatic rings. The van der Waals surface area contributed by atoms with Crippen molar-refractivity contribution in [2.24, 2.45) is 5.14 Å². The predicted octanol–water partition coefficient (Wildman–Crippen LogP) is 2.41. The first-order valence-corrected chi connectivity index (χ1v) is 9.01. The molecule has 1 aromatic heterocycles. The van der Waals surface area contributed by atoms with Gasteiger partial charge in [0, 0.05) is 5.56 Å². The average Bonchev–Trinajstić information content (AvgIpc) is 2.92. The summed E-state index contributed by atoms with van der Waals surface area (Å²) in [5.74, 6) is 0.200. The Morgan fingerprint density at radius 1 is 1.08 bits per heavy atom. The number of aromatic nitrogens is 2. The van der Waals surface area contributed by atoms with Gasteiger partial charge in [0.2, 0.25) is 16.4 Å². The minimum Gasteiger partial charge on any atom is -0.311 e. The van der Waals surface area contributed by atoms with Gasteiger partial charge in [-0.25, -0.2) is 18.2 Å². The van der Waals surface area contributed by atoms with Gasteiger partial charge < -0.3 is 5.32 Å². The van der Waals surface area contributed by atoms with E-state index >= 15 is 0 Å². The molecule has 0 fully saturated rings. The molecular formula is C16H13ClN4O3S. The van der Waals surface area contributed by atoms with E-state index in [4.69, 9.17) is 16.7 Å². The number of nitrogens with zero attached hydrogens (tertiary/aromatic N) is 2. The predicted molar refractivity (Wildman–Crippen MR) is 95.1 cm³/mol. The number of carbonyl (C=O) groups is 1. The second-order valence-electron chi connectivity index (χ2n) is 5.09. The number of primary sulfonamides is 1. The lowest BCUT2D eigenvalue weighted by Crippen LogP contribution is -2.12. The Labute approximate surface area is 149 Å². The fourth-order valence-corrected chi connectivity index (χ4v) is 3.15. The number of rotatable bonds is 5. The molecule has 3 rings (SSSR count). The van der Waals surface area contributed by atoms with Gasteiger partial charge >= 0.3 is 0 Å². The Hall–Kier alpha value is -2.68. The van der Waals surface area contributed by atoms with Crippen LogP contribution in [-0.4, -0.2) is 24.6 Å². The molecule has 7 nitrogen and oxygen atoms in total. The van der Waals surface area contributed by atoms with Crippen molar-refractivity contribution >= 4 is 33.9 Å². The van der Waals surface area contributed by atoms with Gasteiger partial charge in [-0.1, -0.05) is 41.9 Å². The van der Waals surface area contributed by atoms with Crippen molar-refractivity contribution in [3.8, 4) is 16.9 Å². The van der Waals surface area contributed by atoms with Crippen LogP contribution in [-0.2, 0) is 14.8 Å². The molecule has 1 heterocycles. The van der Waals surface area contributed by atoms with Gasteiger partial charge in [0.25, 0.3) is 0 Å². The number of sulfonamides is 1. The normalized spacial score (nSPS) is 11.3. The van der Waals surface area contributed by atoms with Gasteiger partial charge in [-0.05, 0) is 24.3 Å². The summed E-state index contributed by atoms with van der Waals surface area (Å²) in [7, 11) is -3.79. The molecule has 0 aliphatic carbocycles. The summed E-state index contributed by atoms with van der Waals surface area (Å²) in [6.07, 6.45) is 0.484. The second-order valence-corrected chi connectivity index (χ2v) is 7.03. The smallest absolute Gasteiger partial charge is 0.238 e. The Bertz CT molecular complexity index is 1020. The fraction of sp³-hybridized carbons (Fsp3) is 0. The Morgan fingerprint density at radius 2 is 1.72 bits per heavy atom. The van der Waals surface area contributed by atoms with Crippen molar-refractivity contribution in [3.05, 3.63) is 59.6 Å². The number of nitrogens with one attached hydrogen (secondary N) is 1. The van der Waals surface area contributed by atoms with E-state index in [9.17, 15) is 13.2 Å². The highest BCUT2D eigenvalue weighted by atomic mass is 35.5. The topological polar surface area (TPSA) is 107 Å². The van der Waals surface area contributed by atoms with Crippen molar-refractivity contribution < 1.29 is 13.2 Å². The molecule has 0 saturated carbocycles. The number of hydrogen-bond donors (Lipinski definition) is 2. The third kappa shape index (κ3) is 3.41. The van der Waals surface area contributed by atoms with E-state index in [0.717, 1.165) is 5.56 Å². The van der Waals surface area contributed by atoms with Crippen molar-refractivity contribution in [1.29, 1.82) is 0 Å². The first kappa shape index (κ1) is 17.2. The molecule has 0 unspecified atom stereocenters. The van der Waals surface area contributed by atoms with Crippen LogP contribution in [0, 0.1) is 0 Å². The summed E-state index contributed by atoms with van der Waals surface area (Å²) in [5.41, 5.74) is 1.91. The van der Waals surface area contributed by atoms with Crippen LogP contribution in [0.4, 0.5) is 5.82 Å². The number of hydrogen-bond acceptors (Lipinski definition) is 4. The maximum Gasteiger partial charge on any atom is 0.238 e. The van der Waals surface area contributed by atoms with Crippen molar-refractivity contribution in [2.75, 3.05) is 5.32 Å². The lowest BCUT2D eigenvalue weighted by atomic mass is 10.1. The van der Waals surface area contributed by atoms with E-state index in [1.807, 2.05) is 30.3 Å². The standard InChI is InChI=1S/C16H13ClN4O3S/c17-14-15(11-4-2-1-3-5-11)21(20-16(14)19-10-22)12-6-8-13(9-7-12)25(18,23)24/h1-10H,(H2,18,23,24)(H,19,20,22). The SMILES string of the molecule is NS(=O)(=O)c1ccc(-n2nc(NC=O)c(Cl)c2-c2ccccc2)cc1. The van der Waals surface area contributed by atoms with E-state index in [1.165, 1.54) is 16.8 Å². The van der Waals surface area contributed by atoms with Gasteiger partial charge in [0.15, 0.2) is 5.82 Å². The van der Waals surface area contributed by atoms with Crippen LogP contribution < -0.4 is 10.5 Å². The van der Waals surface area contributed by atoms with E-state index in [1.54, 1.807) is 12.1 Å². The summed E-state index contributed by atoms with van der Waals surface area (Å²) >= 11 is 6.38. The van der Waals surface area contributed by atoms with Crippen LogP contribution in [0.2, 0.25) is 5.02 Å². The molecule has 0 aliphatic heterocycles. The molecule has 0 spiro atoms. The third-order valence-electron chi connectivity index (χ3n) is 3.48. The Kier molecular flexibility index (Phi) is 4.58. The molecular weight excluding hydrogens is 364 g/mol. The molecule has 1 amide bonds. The quantitative estimate of drug-likeness (QED) is 0.666. The maximum atomic E-state index is 11.4. The highest BCUT2D eigenvalue weighted by Gasteiger charge is 2.19. The molecule has 0 atom stereocenters. The van der Waals surface area contributed by atoms with Crippen molar-refractivity contribution in [1.82, 2.24) is 9.78 Å². The lowest BCUT2D eigenvalue weighted by Gasteiger charge is -2.08. The zero-order valence-electron chi connectivity index (χ0n) is 12.8. The minimum absolute atomic E-state index is 0.0120. The third-order valence-corrected chi connectivity index (χ3v) is 4.77. The number of benzene rings is 2. The van der Waals surface area contributed by atoms with Crippen LogP contribution in [0.1, 0.15) is 0 Å². The van der Waals surface area contributed by atoms with Crippen LogP contribution >= 0.6 is 11.6 Å². The number of carbonyl (C=O) groups excluding carboxylic acids is 1. The first-order chi connectivity index (χ1) is 11.9. The first-order valence-electron chi connectivity index (χ1n) is 7.09. The molecule has 3 aromatic rings. The molecule has 0 radical (unpaired) electrons. The van der Waals surface area contributed by atoms with Crippen LogP contribution in [0.5, 0.6) is 0 Å². The molecule has 0 saturated heterocycles. The Balaban J connectivity index is 2.18. The van der Waals surface area contributed by atoms with E-state index < -0.39 is 10.0 Å². The zero-order valence-corrected chi connectivity index (χ0v) is 14.3. The summed E-state index contributed by atoms with van der Waals surface area (Å²) in [4.78, 5) is 10.8. The van der Waals surface area contributed by atoms with Crippen LogP contribution in [0.3, 0.4) is 0 Å². The lowest BCUT2D eigenvalue weighted by molar-refractivity contribution is -0.105. The molecule has 128 valence electrons. The minimum atomic E-state index is -3.79. The maximum absolute atomic E-state index is 11.4. The van der Waals surface area contributed by atoms with Crippen molar-refractivity contribution in [3.63, 3.8) is 0 Å². The van der Waals surface area contributed by atoms with E-state index in [0.29, 0.717) is 17.8 Å². The largest absolute Gasteiger partial charge is 0.311 e. The molecule has 9 heteroatoms. The van der Waals surface area contributed by atoms with Gasteiger partial charge in [-0.2, -0.15) is 0 Å². The zero-order chi connectivity index (χ0) is 18.0. The average molecular weight is 377 g/mol. The highest BCUT2D eigenvalue weighted by Crippen LogP contribution is 2.35. The van der Waals surface area contributed by atoms with Crippen LogP contribution in [0.15, 0.2) is 59.5 Å². The van der Waals surface area contributed by atoms with E-state index in [2.05, 4.69) is 10.4 Å². The highest BCUT2D eigenvalue weighted by molar-refractivity contribution is 7.89. The number of halogens is 1. The summed E-state index contributed by atoms with van der Waals surface area (Å²) in [6.45, 7) is 0. The van der Waals surface area contributed by atoms with Gasteiger partial charge in [-0.3, -0.25) is 4.79 Å². The van der Waals surface area contributed by atoms with Gasteiger partial charge in [0.05, 0.1) is 16.3 Å². The second kappa shape index (κ2) is 6.67. The summed E-state index contributed by atoms with van der Waals surface area (Å²) < 4.78 is 24.3. The number of amides is 1. The summed E-state index contributed by atoms with van der Waals surface area (Å²) in [5, 5.41) is 12.1. The molecule has 0 bridgehead atoms. The number of anilines is 1. The monoisotopic (exact) mass is 376 g/mol. The Morgan fingerprint density at radius 3 is 2.28 bits per heavy atom. The van der Waals surface area contributed by atoms with Gasteiger partial charge in [-0.15, -0.1) is 5.10 Å². The van der Waals surface area contributed by atoms with Gasteiger partial charge in [0.1, 0.15) is 5.02 Å². The molecule has 2 aromatic carbocycles. The number of nitrogens with two attached hydrogens (primary N) is 1. The molecule has 25 heavy (non-hydrogen) atoms. The summed E-state index contributed by atoms with van der Waals surface area (Å²) in [6, 6.07) is 15.1.